The van der Waals surface area contributed by atoms with Crippen molar-refractivity contribution < 1.29 is 28.8 Å². The van der Waals surface area contributed by atoms with Crippen LogP contribution in [-0.4, -0.2) is 29.9 Å². The Balaban J connectivity index is 2.38. The van der Waals surface area contributed by atoms with E-state index < -0.39 is 34.6 Å². The van der Waals surface area contributed by atoms with Gasteiger partial charge in [-0.25, -0.2) is 9.59 Å². The molecular weight excluding hydrogens is 344 g/mol. The largest absolute Gasteiger partial charge is 0.465 e. The minimum Gasteiger partial charge on any atom is -0.465 e. The molecule has 2 N–H and O–H groups in total. The Labute approximate surface area is 147 Å². The van der Waals surface area contributed by atoms with Crippen molar-refractivity contribution >= 4 is 23.5 Å². The van der Waals surface area contributed by atoms with Crippen LogP contribution in [0.2, 0.25) is 0 Å². The smallest absolute Gasteiger partial charge is 0.339 e. The Morgan fingerprint density at radius 2 is 1.62 bits per heavy atom. The van der Waals surface area contributed by atoms with Gasteiger partial charge in [-0.2, -0.15) is 0 Å². The van der Waals surface area contributed by atoms with Gasteiger partial charge in [0, 0.05) is 17.7 Å². The van der Waals surface area contributed by atoms with Crippen molar-refractivity contribution in [1.29, 1.82) is 0 Å². The molecule has 0 saturated carbocycles. The second-order valence-corrected chi connectivity index (χ2v) is 5.12. The molecule has 0 fully saturated rings. The monoisotopic (exact) mass is 358 g/mol. The maximum Gasteiger partial charge on any atom is 0.339 e. The molecule has 0 aliphatic heterocycles. The second kappa shape index (κ2) is 7.88. The first-order valence-corrected chi connectivity index (χ1v) is 7.26. The summed E-state index contributed by atoms with van der Waals surface area (Å²) in [6.07, 6.45) is -1.38. The van der Waals surface area contributed by atoms with Gasteiger partial charge in [0.25, 0.3) is 11.6 Å². The van der Waals surface area contributed by atoms with Crippen molar-refractivity contribution in [2.75, 3.05) is 7.11 Å². The highest BCUT2D eigenvalue weighted by molar-refractivity contribution is 5.97. The molecule has 9 heteroatoms. The van der Waals surface area contributed by atoms with E-state index in [0.29, 0.717) is 5.56 Å². The van der Waals surface area contributed by atoms with Crippen molar-refractivity contribution in [2.45, 2.75) is 6.10 Å². The van der Waals surface area contributed by atoms with Crippen LogP contribution in [-0.2, 0) is 14.3 Å². The highest BCUT2D eigenvalue weighted by Crippen LogP contribution is 2.22. The Morgan fingerprint density at radius 1 is 1.04 bits per heavy atom. The lowest BCUT2D eigenvalue weighted by atomic mass is 10.1. The molecule has 0 saturated heterocycles. The molecule has 0 bridgehead atoms. The van der Waals surface area contributed by atoms with E-state index in [2.05, 4.69) is 4.74 Å². The predicted octanol–water partition coefficient (Wildman–Crippen LogP) is 1.76. The molecule has 1 unspecified atom stereocenters. The minimum absolute atomic E-state index is 0.205. The van der Waals surface area contributed by atoms with Crippen molar-refractivity contribution in [3.63, 3.8) is 0 Å². The second-order valence-electron chi connectivity index (χ2n) is 5.12. The number of rotatable bonds is 6. The summed E-state index contributed by atoms with van der Waals surface area (Å²) in [5.41, 5.74) is 4.62. The quantitative estimate of drug-likeness (QED) is 0.471. The fourth-order valence-corrected chi connectivity index (χ4v) is 2.16. The predicted molar refractivity (Wildman–Crippen MR) is 88.2 cm³/mol. The van der Waals surface area contributed by atoms with E-state index in [1.54, 1.807) is 18.2 Å². The molecule has 2 aromatic rings. The number of non-ortho nitro benzene ring substituents is 1. The number of hydrogen-bond donors (Lipinski definition) is 1. The van der Waals surface area contributed by atoms with Crippen molar-refractivity contribution in [3.8, 4) is 0 Å². The molecule has 0 aliphatic rings. The van der Waals surface area contributed by atoms with E-state index in [-0.39, 0.29) is 11.1 Å². The van der Waals surface area contributed by atoms with Crippen LogP contribution in [0.5, 0.6) is 0 Å². The highest BCUT2D eigenvalue weighted by Gasteiger charge is 2.25. The Hall–Kier alpha value is -3.75. The molecule has 134 valence electrons. The zero-order chi connectivity index (χ0) is 19.3. The summed E-state index contributed by atoms with van der Waals surface area (Å²) in [6.45, 7) is 0. The normalized spacial score (nSPS) is 11.3. The summed E-state index contributed by atoms with van der Waals surface area (Å²) in [4.78, 5) is 45.9. The Bertz CT molecular complexity index is 865. The van der Waals surface area contributed by atoms with Crippen molar-refractivity contribution in [2.24, 2.45) is 5.73 Å². The summed E-state index contributed by atoms with van der Waals surface area (Å²) >= 11 is 0. The van der Waals surface area contributed by atoms with Gasteiger partial charge in [-0.3, -0.25) is 14.9 Å². The van der Waals surface area contributed by atoms with Gasteiger partial charge in [0.15, 0.2) is 0 Å². The number of nitrogens with zero attached hydrogens (tertiary/aromatic N) is 1. The third kappa shape index (κ3) is 4.20. The summed E-state index contributed by atoms with van der Waals surface area (Å²) in [5, 5.41) is 11.0. The molecule has 1 amide bonds. The van der Waals surface area contributed by atoms with E-state index >= 15 is 0 Å². The molecular formula is C17H14N2O7. The first-order chi connectivity index (χ1) is 12.3. The summed E-state index contributed by atoms with van der Waals surface area (Å²) in [6, 6.07) is 11.0. The number of ether oxygens (including phenoxy) is 2. The summed E-state index contributed by atoms with van der Waals surface area (Å²) in [7, 11) is 1.09. The van der Waals surface area contributed by atoms with Crippen LogP contribution in [0, 0.1) is 10.1 Å². The lowest BCUT2D eigenvalue weighted by molar-refractivity contribution is -0.384. The summed E-state index contributed by atoms with van der Waals surface area (Å²) < 4.78 is 9.61. The van der Waals surface area contributed by atoms with Gasteiger partial charge in [-0.1, -0.05) is 30.3 Å². The molecule has 2 rings (SSSR count). The van der Waals surface area contributed by atoms with Crippen LogP contribution in [0.4, 0.5) is 5.69 Å². The first kappa shape index (κ1) is 18.6. The molecule has 0 radical (unpaired) electrons. The molecule has 0 heterocycles. The van der Waals surface area contributed by atoms with Gasteiger partial charge >= 0.3 is 11.9 Å². The number of benzene rings is 2. The molecule has 9 nitrogen and oxygen atoms in total. The third-order valence-electron chi connectivity index (χ3n) is 3.37. The number of nitrogens with two attached hydrogens (primary N) is 1. The number of nitro benzene ring substituents is 1. The minimum atomic E-state index is -1.38. The molecule has 0 spiro atoms. The Kier molecular flexibility index (Phi) is 5.63. The van der Waals surface area contributed by atoms with Gasteiger partial charge in [0.1, 0.15) is 0 Å². The first-order valence-electron chi connectivity index (χ1n) is 7.26. The lowest BCUT2D eigenvalue weighted by Gasteiger charge is -2.15. The van der Waals surface area contributed by atoms with Crippen LogP contribution >= 0.6 is 0 Å². The number of carbonyl (C=O) groups is 3. The third-order valence-corrected chi connectivity index (χ3v) is 3.37. The van der Waals surface area contributed by atoms with Crippen LogP contribution in [0.15, 0.2) is 48.5 Å². The zero-order valence-corrected chi connectivity index (χ0v) is 13.6. The maximum atomic E-state index is 12.4. The number of hydrogen-bond acceptors (Lipinski definition) is 7. The standard InChI is InChI=1S/C17H14N2O7/c1-25-16(21)11-7-12(9-13(8-11)19(23)24)17(22)26-14(15(18)20)10-5-3-2-4-6-10/h2-9,14H,1H3,(H2,18,20). The van der Waals surface area contributed by atoms with Gasteiger partial charge < -0.3 is 15.2 Å². The number of esters is 2. The van der Waals surface area contributed by atoms with Crippen molar-refractivity contribution in [3.05, 3.63) is 75.3 Å². The maximum absolute atomic E-state index is 12.4. The van der Waals surface area contributed by atoms with Gasteiger partial charge in [0.05, 0.1) is 23.2 Å². The van der Waals surface area contributed by atoms with E-state index in [0.717, 1.165) is 25.3 Å². The Morgan fingerprint density at radius 3 is 2.12 bits per heavy atom. The van der Waals surface area contributed by atoms with Gasteiger partial charge in [-0.15, -0.1) is 0 Å². The molecule has 2 aromatic carbocycles. The number of nitro groups is 1. The average molecular weight is 358 g/mol. The zero-order valence-electron chi connectivity index (χ0n) is 13.6. The number of primary amides is 1. The fourth-order valence-electron chi connectivity index (χ4n) is 2.16. The van der Waals surface area contributed by atoms with Crippen LogP contribution in [0.25, 0.3) is 0 Å². The summed E-state index contributed by atoms with van der Waals surface area (Å²) in [5.74, 6) is -2.83. The van der Waals surface area contributed by atoms with Crippen LogP contribution < -0.4 is 5.73 Å². The average Bonchev–Trinajstić information content (AvgIpc) is 2.65. The number of methoxy groups -OCH3 is 1. The van der Waals surface area contributed by atoms with E-state index in [9.17, 15) is 24.5 Å². The van der Waals surface area contributed by atoms with Crippen molar-refractivity contribution in [1.82, 2.24) is 0 Å². The SMILES string of the molecule is COC(=O)c1cc(C(=O)OC(C(N)=O)c2ccccc2)cc([N+](=O)[O-])c1. The molecule has 0 aliphatic carbocycles. The number of amides is 1. The molecule has 26 heavy (non-hydrogen) atoms. The molecule has 1 atom stereocenters. The van der Waals surface area contributed by atoms with Gasteiger partial charge in [-0.05, 0) is 6.07 Å². The van der Waals surface area contributed by atoms with E-state index in [4.69, 9.17) is 10.5 Å². The number of carbonyl (C=O) groups excluding carboxylic acids is 3. The van der Waals surface area contributed by atoms with Gasteiger partial charge in [0.2, 0.25) is 6.10 Å². The van der Waals surface area contributed by atoms with Crippen LogP contribution in [0.3, 0.4) is 0 Å². The van der Waals surface area contributed by atoms with E-state index in [1.165, 1.54) is 12.1 Å². The fraction of sp³-hybridized carbons (Fsp3) is 0.118. The topological polar surface area (TPSA) is 139 Å². The van der Waals surface area contributed by atoms with Crippen LogP contribution in [0.1, 0.15) is 32.4 Å². The lowest BCUT2D eigenvalue weighted by Crippen LogP contribution is -2.26. The molecule has 0 aromatic heterocycles. The van der Waals surface area contributed by atoms with E-state index in [1.807, 2.05) is 0 Å². The highest BCUT2D eigenvalue weighted by atomic mass is 16.6.